The fourth-order valence-corrected chi connectivity index (χ4v) is 2.12. The normalized spacial score (nSPS) is 10.1. The first-order chi connectivity index (χ1) is 9.54. The van der Waals surface area contributed by atoms with Crippen molar-refractivity contribution in [3.05, 3.63) is 52.5 Å². The van der Waals surface area contributed by atoms with Gasteiger partial charge in [-0.2, -0.15) is 0 Å². The summed E-state index contributed by atoms with van der Waals surface area (Å²) in [6, 6.07) is 11.8. The molecule has 0 saturated heterocycles. The second kappa shape index (κ2) is 6.29. The number of nitrogens with one attached hydrogen (secondary N) is 2. The maximum atomic E-state index is 10.7. The molecule has 0 radical (unpaired) electrons. The number of aromatic hydroxyl groups is 1. The molecule has 0 unspecified atom stereocenters. The standard InChI is InChI=1S/C14H14BrN3O2/c15-10-1-6-13(19)9(7-10)8-17-11-2-4-12(5-3-11)18-14(16)20/h1-7,17,19H,8H2,(H3,16,18,20). The molecule has 20 heavy (non-hydrogen) atoms. The van der Waals surface area contributed by atoms with Crippen LogP contribution in [0.4, 0.5) is 16.2 Å². The van der Waals surface area contributed by atoms with E-state index < -0.39 is 6.03 Å². The number of urea groups is 1. The zero-order valence-electron chi connectivity index (χ0n) is 10.6. The Kier molecular flexibility index (Phi) is 4.47. The first-order valence-electron chi connectivity index (χ1n) is 5.92. The number of hydrogen-bond donors (Lipinski definition) is 4. The minimum absolute atomic E-state index is 0.243. The number of amides is 2. The number of phenols is 1. The highest BCUT2D eigenvalue weighted by Crippen LogP contribution is 2.23. The predicted octanol–water partition coefficient (Wildman–Crippen LogP) is 3.26. The van der Waals surface area contributed by atoms with E-state index in [9.17, 15) is 9.90 Å². The van der Waals surface area contributed by atoms with Crippen molar-refractivity contribution in [3.8, 4) is 5.75 Å². The van der Waals surface area contributed by atoms with Crippen LogP contribution in [0.2, 0.25) is 0 Å². The molecule has 0 spiro atoms. The lowest BCUT2D eigenvalue weighted by Crippen LogP contribution is -2.19. The van der Waals surface area contributed by atoms with Crippen LogP contribution in [-0.2, 0) is 6.54 Å². The van der Waals surface area contributed by atoms with Crippen molar-refractivity contribution >= 4 is 33.3 Å². The minimum Gasteiger partial charge on any atom is -0.508 e. The van der Waals surface area contributed by atoms with E-state index in [-0.39, 0.29) is 5.75 Å². The number of carbonyl (C=O) groups excluding carboxylic acids is 1. The predicted molar refractivity (Wildman–Crippen MR) is 82.8 cm³/mol. The molecule has 0 aliphatic heterocycles. The number of phenolic OH excluding ortho intramolecular Hbond substituents is 1. The fourth-order valence-electron chi connectivity index (χ4n) is 1.71. The topological polar surface area (TPSA) is 87.4 Å². The summed E-state index contributed by atoms with van der Waals surface area (Å²) in [7, 11) is 0. The summed E-state index contributed by atoms with van der Waals surface area (Å²) in [6.07, 6.45) is 0. The molecule has 0 aliphatic carbocycles. The molecule has 0 heterocycles. The van der Waals surface area contributed by atoms with Gasteiger partial charge in [-0.1, -0.05) is 15.9 Å². The van der Waals surface area contributed by atoms with Gasteiger partial charge in [0.05, 0.1) is 0 Å². The molecule has 2 amide bonds. The van der Waals surface area contributed by atoms with Gasteiger partial charge in [0.2, 0.25) is 0 Å². The van der Waals surface area contributed by atoms with Gasteiger partial charge in [-0.3, -0.25) is 0 Å². The van der Waals surface area contributed by atoms with Gasteiger partial charge in [0, 0.05) is 28.0 Å². The molecule has 0 atom stereocenters. The third-order valence-corrected chi connectivity index (χ3v) is 3.17. The van der Waals surface area contributed by atoms with Gasteiger partial charge in [-0.15, -0.1) is 0 Å². The largest absolute Gasteiger partial charge is 0.508 e. The number of rotatable bonds is 4. The third-order valence-electron chi connectivity index (χ3n) is 2.68. The van der Waals surface area contributed by atoms with Crippen molar-refractivity contribution in [2.75, 3.05) is 10.6 Å². The summed E-state index contributed by atoms with van der Waals surface area (Å²) in [4.78, 5) is 10.7. The van der Waals surface area contributed by atoms with Gasteiger partial charge in [0.25, 0.3) is 0 Å². The lowest BCUT2D eigenvalue weighted by Gasteiger charge is -2.09. The summed E-state index contributed by atoms with van der Waals surface area (Å²) in [5.74, 6) is 0.243. The van der Waals surface area contributed by atoms with E-state index >= 15 is 0 Å². The summed E-state index contributed by atoms with van der Waals surface area (Å²) >= 11 is 3.36. The van der Waals surface area contributed by atoms with Crippen LogP contribution >= 0.6 is 15.9 Å². The number of anilines is 2. The van der Waals surface area contributed by atoms with Gasteiger partial charge in [0.1, 0.15) is 5.75 Å². The van der Waals surface area contributed by atoms with Crippen molar-refractivity contribution in [1.82, 2.24) is 0 Å². The van der Waals surface area contributed by atoms with Gasteiger partial charge in [-0.25, -0.2) is 4.79 Å². The Morgan fingerprint density at radius 1 is 1.15 bits per heavy atom. The van der Waals surface area contributed by atoms with Gasteiger partial charge < -0.3 is 21.5 Å². The zero-order valence-corrected chi connectivity index (χ0v) is 12.1. The Morgan fingerprint density at radius 2 is 1.80 bits per heavy atom. The zero-order chi connectivity index (χ0) is 14.5. The SMILES string of the molecule is NC(=O)Nc1ccc(NCc2cc(Br)ccc2O)cc1. The number of nitrogens with two attached hydrogens (primary N) is 1. The Hall–Kier alpha value is -2.21. The Bertz CT molecular complexity index is 614. The van der Waals surface area contributed by atoms with Gasteiger partial charge in [0.15, 0.2) is 0 Å². The molecule has 2 rings (SSSR count). The first-order valence-corrected chi connectivity index (χ1v) is 6.71. The lowest BCUT2D eigenvalue weighted by atomic mass is 10.2. The van der Waals surface area contributed by atoms with Crippen molar-refractivity contribution in [3.63, 3.8) is 0 Å². The van der Waals surface area contributed by atoms with Crippen LogP contribution in [0, 0.1) is 0 Å². The van der Waals surface area contributed by atoms with E-state index in [4.69, 9.17) is 5.73 Å². The quantitative estimate of drug-likeness (QED) is 0.691. The first kappa shape index (κ1) is 14.2. The van der Waals surface area contributed by atoms with Gasteiger partial charge in [-0.05, 0) is 42.5 Å². The van der Waals surface area contributed by atoms with E-state index in [2.05, 4.69) is 26.6 Å². The summed E-state index contributed by atoms with van der Waals surface area (Å²) < 4.78 is 0.910. The summed E-state index contributed by atoms with van der Waals surface area (Å²) in [5.41, 5.74) is 7.33. The Labute approximate surface area is 124 Å². The van der Waals surface area contributed by atoms with E-state index in [1.54, 1.807) is 24.3 Å². The average Bonchev–Trinajstić information content (AvgIpc) is 2.41. The smallest absolute Gasteiger partial charge is 0.316 e. The van der Waals surface area contributed by atoms with E-state index in [0.717, 1.165) is 15.7 Å². The van der Waals surface area contributed by atoms with Crippen LogP contribution in [0.3, 0.4) is 0 Å². The second-order valence-corrected chi connectivity index (χ2v) is 5.11. The number of carbonyl (C=O) groups is 1. The molecule has 0 aromatic heterocycles. The summed E-state index contributed by atoms with van der Waals surface area (Å²) in [5, 5.41) is 15.4. The molecular weight excluding hydrogens is 322 g/mol. The molecule has 6 heteroatoms. The fraction of sp³-hybridized carbons (Fsp3) is 0.0714. The highest BCUT2D eigenvalue weighted by Gasteiger charge is 2.02. The van der Waals surface area contributed by atoms with Crippen LogP contribution in [-0.4, -0.2) is 11.1 Å². The molecule has 2 aromatic rings. The maximum absolute atomic E-state index is 10.7. The highest BCUT2D eigenvalue weighted by molar-refractivity contribution is 9.10. The molecule has 2 aromatic carbocycles. The van der Waals surface area contributed by atoms with Crippen molar-refractivity contribution < 1.29 is 9.90 Å². The molecule has 0 aliphatic rings. The molecule has 0 saturated carbocycles. The molecule has 104 valence electrons. The van der Waals surface area contributed by atoms with Crippen LogP contribution < -0.4 is 16.4 Å². The molecule has 0 fully saturated rings. The Morgan fingerprint density at radius 3 is 2.45 bits per heavy atom. The molecule has 0 bridgehead atoms. The van der Waals surface area contributed by atoms with Crippen molar-refractivity contribution in [2.24, 2.45) is 5.73 Å². The Balaban J connectivity index is 2.00. The van der Waals surface area contributed by atoms with Crippen LogP contribution in [0.1, 0.15) is 5.56 Å². The van der Waals surface area contributed by atoms with Crippen LogP contribution in [0.5, 0.6) is 5.75 Å². The third kappa shape index (κ3) is 3.89. The van der Waals surface area contributed by atoms with E-state index in [1.807, 2.05) is 18.2 Å². The maximum Gasteiger partial charge on any atom is 0.316 e. The molecule has 5 nitrogen and oxygen atoms in total. The molecular formula is C14H14BrN3O2. The highest BCUT2D eigenvalue weighted by atomic mass is 79.9. The number of hydrogen-bond acceptors (Lipinski definition) is 3. The monoisotopic (exact) mass is 335 g/mol. The van der Waals surface area contributed by atoms with E-state index in [0.29, 0.717) is 12.2 Å². The lowest BCUT2D eigenvalue weighted by molar-refractivity contribution is 0.259. The van der Waals surface area contributed by atoms with Gasteiger partial charge >= 0.3 is 6.03 Å². The average molecular weight is 336 g/mol. The summed E-state index contributed by atoms with van der Waals surface area (Å²) in [6.45, 7) is 0.494. The number of halogens is 1. The van der Waals surface area contributed by atoms with Crippen molar-refractivity contribution in [2.45, 2.75) is 6.54 Å². The van der Waals surface area contributed by atoms with Crippen LogP contribution in [0.15, 0.2) is 46.9 Å². The van der Waals surface area contributed by atoms with Crippen LogP contribution in [0.25, 0.3) is 0 Å². The second-order valence-electron chi connectivity index (χ2n) is 4.19. The number of benzene rings is 2. The van der Waals surface area contributed by atoms with E-state index in [1.165, 1.54) is 0 Å². The minimum atomic E-state index is -0.593. The molecule has 5 N–H and O–H groups in total. The van der Waals surface area contributed by atoms with Crippen molar-refractivity contribution in [1.29, 1.82) is 0 Å². The number of primary amides is 1.